The lowest BCUT2D eigenvalue weighted by Crippen LogP contribution is -2.47. The normalized spacial score (nSPS) is 30.4. The second-order valence-electron chi connectivity index (χ2n) is 5.11. The molecule has 2 atom stereocenters. The van der Waals surface area contributed by atoms with Crippen molar-refractivity contribution in [2.45, 2.75) is 56.7 Å². The molecule has 2 saturated carbocycles. The van der Waals surface area contributed by atoms with E-state index < -0.39 is 5.41 Å². The summed E-state index contributed by atoms with van der Waals surface area (Å²) in [5.74, 6) is 1.13. The molecule has 0 heterocycles. The average molecular weight is 252 g/mol. The summed E-state index contributed by atoms with van der Waals surface area (Å²) in [6, 6.07) is 2.51. The van der Waals surface area contributed by atoms with Crippen LogP contribution in [0.15, 0.2) is 0 Å². The summed E-state index contributed by atoms with van der Waals surface area (Å²) in [5, 5.41) is 12.9. The molecule has 2 rings (SSSR count). The fourth-order valence-electron chi connectivity index (χ4n) is 2.70. The van der Waals surface area contributed by atoms with E-state index in [1.807, 2.05) is 11.8 Å². The number of hydrogen-bond donors (Lipinski definition) is 1. The highest BCUT2D eigenvalue weighted by molar-refractivity contribution is 7.99. The lowest BCUT2D eigenvalue weighted by Gasteiger charge is -2.34. The Morgan fingerprint density at radius 2 is 2.29 bits per heavy atom. The Morgan fingerprint density at radius 1 is 1.53 bits per heavy atom. The highest BCUT2D eigenvalue weighted by atomic mass is 32.2. The molecular weight excluding hydrogens is 232 g/mol. The van der Waals surface area contributed by atoms with Crippen LogP contribution in [0.1, 0.15) is 45.4 Å². The predicted molar refractivity (Wildman–Crippen MR) is 69.6 cm³/mol. The van der Waals surface area contributed by atoms with Crippen LogP contribution in [-0.2, 0) is 4.79 Å². The number of hydrogen-bond acceptors (Lipinski definition) is 3. The monoisotopic (exact) mass is 252 g/mol. The number of carbonyl (C=O) groups excluding carboxylic acids is 1. The summed E-state index contributed by atoms with van der Waals surface area (Å²) in [4.78, 5) is 12.1. The van der Waals surface area contributed by atoms with Gasteiger partial charge in [0.15, 0.2) is 0 Å². The number of nitrogens with zero attached hydrogens (tertiary/aromatic N) is 1. The van der Waals surface area contributed by atoms with Crippen LogP contribution in [0.4, 0.5) is 0 Å². The van der Waals surface area contributed by atoms with E-state index in [2.05, 4.69) is 18.3 Å². The molecular formula is C13H20N2OS. The van der Waals surface area contributed by atoms with Crippen LogP contribution in [0.3, 0.4) is 0 Å². The summed E-state index contributed by atoms with van der Waals surface area (Å²) < 4.78 is 0. The third-order valence-electron chi connectivity index (χ3n) is 3.98. The standard InChI is InChI=1S/C13H20N2OS/c1-2-17-11-5-4-10(8-11)15-12(16)13(9-14)6-3-7-13/h10-11H,2-8H2,1H3,(H,15,16). The van der Waals surface area contributed by atoms with Gasteiger partial charge < -0.3 is 5.32 Å². The molecule has 4 heteroatoms. The zero-order valence-corrected chi connectivity index (χ0v) is 11.2. The van der Waals surface area contributed by atoms with Gasteiger partial charge in [-0.15, -0.1) is 0 Å². The summed E-state index contributed by atoms with van der Waals surface area (Å²) in [7, 11) is 0. The molecule has 0 saturated heterocycles. The second kappa shape index (κ2) is 5.30. The van der Waals surface area contributed by atoms with Crippen LogP contribution in [0.5, 0.6) is 0 Å². The van der Waals surface area contributed by atoms with E-state index in [1.165, 1.54) is 6.42 Å². The Labute approximate surface area is 107 Å². The van der Waals surface area contributed by atoms with E-state index in [0.29, 0.717) is 11.3 Å². The molecule has 17 heavy (non-hydrogen) atoms. The zero-order valence-electron chi connectivity index (χ0n) is 10.4. The first-order chi connectivity index (χ1) is 8.20. The Balaban J connectivity index is 1.82. The first-order valence-electron chi connectivity index (χ1n) is 6.54. The van der Waals surface area contributed by atoms with Gasteiger partial charge in [0.05, 0.1) is 6.07 Å². The fraction of sp³-hybridized carbons (Fsp3) is 0.846. The summed E-state index contributed by atoms with van der Waals surface area (Å²) in [5.41, 5.74) is -0.685. The van der Waals surface area contributed by atoms with Crippen molar-refractivity contribution in [3.8, 4) is 6.07 Å². The molecule has 2 aliphatic carbocycles. The predicted octanol–water partition coefficient (Wildman–Crippen LogP) is 2.47. The molecule has 2 aliphatic rings. The minimum absolute atomic E-state index is 0.0154. The van der Waals surface area contributed by atoms with Gasteiger partial charge >= 0.3 is 0 Å². The third kappa shape index (κ3) is 2.60. The van der Waals surface area contributed by atoms with Crippen molar-refractivity contribution in [1.82, 2.24) is 5.32 Å². The maximum atomic E-state index is 12.1. The molecule has 0 aromatic rings. The lowest BCUT2D eigenvalue weighted by atomic mass is 9.69. The first kappa shape index (κ1) is 12.8. The van der Waals surface area contributed by atoms with Crippen LogP contribution in [0.25, 0.3) is 0 Å². The molecule has 0 bridgehead atoms. The maximum Gasteiger partial charge on any atom is 0.240 e. The first-order valence-corrected chi connectivity index (χ1v) is 7.59. The van der Waals surface area contributed by atoms with Crippen molar-refractivity contribution < 1.29 is 4.79 Å². The Morgan fingerprint density at radius 3 is 2.82 bits per heavy atom. The molecule has 3 nitrogen and oxygen atoms in total. The van der Waals surface area contributed by atoms with Crippen LogP contribution < -0.4 is 5.32 Å². The number of rotatable bonds is 4. The minimum Gasteiger partial charge on any atom is -0.352 e. The fourth-order valence-corrected chi connectivity index (χ4v) is 3.84. The molecule has 0 aliphatic heterocycles. The topological polar surface area (TPSA) is 52.9 Å². The summed E-state index contributed by atoms with van der Waals surface area (Å²) in [6.45, 7) is 2.18. The van der Waals surface area contributed by atoms with Gasteiger partial charge in [0.25, 0.3) is 0 Å². The molecule has 1 amide bonds. The van der Waals surface area contributed by atoms with E-state index in [0.717, 1.165) is 37.9 Å². The average Bonchev–Trinajstić information content (AvgIpc) is 2.65. The summed E-state index contributed by atoms with van der Waals surface area (Å²) in [6.07, 6.45) is 5.85. The quantitative estimate of drug-likeness (QED) is 0.836. The molecule has 2 unspecified atom stereocenters. The van der Waals surface area contributed by atoms with Gasteiger partial charge in [0.2, 0.25) is 5.91 Å². The van der Waals surface area contributed by atoms with Crippen molar-refractivity contribution in [2.24, 2.45) is 5.41 Å². The molecule has 0 spiro atoms. The molecule has 0 aromatic heterocycles. The van der Waals surface area contributed by atoms with Crippen molar-refractivity contribution in [3.63, 3.8) is 0 Å². The Kier molecular flexibility index (Phi) is 3.98. The van der Waals surface area contributed by atoms with Gasteiger partial charge in [-0.3, -0.25) is 4.79 Å². The van der Waals surface area contributed by atoms with E-state index in [9.17, 15) is 4.79 Å². The van der Waals surface area contributed by atoms with Gasteiger partial charge in [0.1, 0.15) is 5.41 Å². The van der Waals surface area contributed by atoms with Gasteiger partial charge in [-0.05, 0) is 44.3 Å². The number of thioether (sulfide) groups is 1. The van der Waals surface area contributed by atoms with E-state index in [4.69, 9.17) is 5.26 Å². The maximum absolute atomic E-state index is 12.1. The van der Waals surface area contributed by atoms with Crippen molar-refractivity contribution in [2.75, 3.05) is 5.75 Å². The van der Waals surface area contributed by atoms with Crippen LogP contribution in [-0.4, -0.2) is 23.0 Å². The number of carbonyl (C=O) groups is 1. The lowest BCUT2D eigenvalue weighted by molar-refractivity contribution is -0.132. The van der Waals surface area contributed by atoms with Gasteiger partial charge in [-0.25, -0.2) is 0 Å². The summed E-state index contributed by atoms with van der Waals surface area (Å²) >= 11 is 1.99. The van der Waals surface area contributed by atoms with Crippen LogP contribution in [0.2, 0.25) is 0 Å². The minimum atomic E-state index is -0.685. The van der Waals surface area contributed by atoms with Crippen molar-refractivity contribution >= 4 is 17.7 Å². The van der Waals surface area contributed by atoms with E-state index >= 15 is 0 Å². The van der Waals surface area contributed by atoms with Gasteiger partial charge in [0, 0.05) is 11.3 Å². The van der Waals surface area contributed by atoms with Crippen LogP contribution >= 0.6 is 11.8 Å². The second-order valence-corrected chi connectivity index (χ2v) is 6.69. The number of nitrogens with one attached hydrogen (secondary N) is 1. The highest BCUT2D eigenvalue weighted by Gasteiger charge is 2.45. The van der Waals surface area contributed by atoms with Crippen LogP contribution in [0, 0.1) is 16.7 Å². The largest absolute Gasteiger partial charge is 0.352 e. The molecule has 94 valence electrons. The van der Waals surface area contributed by atoms with Crippen molar-refractivity contribution in [1.29, 1.82) is 5.26 Å². The van der Waals surface area contributed by atoms with E-state index in [-0.39, 0.29) is 5.91 Å². The van der Waals surface area contributed by atoms with Gasteiger partial charge in [-0.2, -0.15) is 17.0 Å². The van der Waals surface area contributed by atoms with Gasteiger partial charge in [-0.1, -0.05) is 6.92 Å². The zero-order chi connectivity index (χ0) is 12.3. The smallest absolute Gasteiger partial charge is 0.240 e. The molecule has 2 fully saturated rings. The molecule has 0 aromatic carbocycles. The number of amides is 1. The third-order valence-corrected chi connectivity index (χ3v) is 5.21. The van der Waals surface area contributed by atoms with E-state index in [1.54, 1.807) is 0 Å². The SMILES string of the molecule is CCSC1CCC(NC(=O)C2(C#N)CCC2)C1. The highest BCUT2D eigenvalue weighted by Crippen LogP contribution is 2.41. The van der Waals surface area contributed by atoms with Crippen molar-refractivity contribution in [3.05, 3.63) is 0 Å². The molecule has 1 N–H and O–H groups in total. The number of nitriles is 1. The Bertz CT molecular complexity index is 333. The Hall–Kier alpha value is -0.690. The molecule has 0 radical (unpaired) electrons.